The van der Waals surface area contributed by atoms with Crippen LogP contribution in [0.1, 0.15) is 37.6 Å². The Morgan fingerprint density at radius 1 is 1.31 bits per heavy atom. The van der Waals surface area contributed by atoms with Gasteiger partial charge in [-0.25, -0.2) is 0 Å². The van der Waals surface area contributed by atoms with Crippen LogP contribution in [-0.4, -0.2) is 47.2 Å². The molecule has 26 heavy (non-hydrogen) atoms. The second-order valence-electron chi connectivity index (χ2n) is 7.26. The Morgan fingerprint density at radius 2 is 2.12 bits per heavy atom. The first-order valence-corrected chi connectivity index (χ1v) is 9.48. The van der Waals surface area contributed by atoms with Crippen molar-refractivity contribution in [2.45, 2.75) is 39.5 Å². The number of nitrogens with zero attached hydrogens (tertiary/aromatic N) is 3. The van der Waals surface area contributed by atoms with Gasteiger partial charge in [0, 0.05) is 38.0 Å². The van der Waals surface area contributed by atoms with Gasteiger partial charge in [0.25, 0.3) is 0 Å². The molecule has 1 atom stereocenters. The van der Waals surface area contributed by atoms with Crippen molar-refractivity contribution in [1.29, 1.82) is 0 Å². The van der Waals surface area contributed by atoms with Crippen LogP contribution in [0.3, 0.4) is 0 Å². The molecule has 1 N–H and O–H groups in total. The highest BCUT2D eigenvalue weighted by Crippen LogP contribution is 2.18. The van der Waals surface area contributed by atoms with Crippen LogP contribution in [0.25, 0.3) is 11.5 Å². The fourth-order valence-corrected chi connectivity index (χ4v) is 3.32. The molecule has 140 valence electrons. The zero-order chi connectivity index (χ0) is 18.4. The van der Waals surface area contributed by atoms with Gasteiger partial charge in [0.15, 0.2) is 0 Å². The van der Waals surface area contributed by atoms with Crippen molar-refractivity contribution < 1.29 is 9.21 Å². The molecule has 1 aliphatic heterocycles. The number of piperidine rings is 1. The number of aromatic nitrogens is 2. The van der Waals surface area contributed by atoms with Crippen LogP contribution in [0, 0.1) is 12.8 Å². The summed E-state index contributed by atoms with van der Waals surface area (Å²) in [6.07, 6.45) is 3.41. The van der Waals surface area contributed by atoms with Gasteiger partial charge in [-0.05, 0) is 44.4 Å². The third-order valence-electron chi connectivity index (χ3n) is 4.82. The summed E-state index contributed by atoms with van der Waals surface area (Å²) in [6, 6.07) is 7.94. The number of carbonyl (C=O) groups is 1. The first-order valence-electron chi connectivity index (χ1n) is 9.48. The van der Waals surface area contributed by atoms with Gasteiger partial charge in [-0.3, -0.25) is 4.79 Å². The molecule has 1 aromatic carbocycles. The number of benzene rings is 1. The van der Waals surface area contributed by atoms with Crippen molar-refractivity contribution in [3.8, 4) is 11.5 Å². The molecule has 0 aliphatic carbocycles. The quantitative estimate of drug-likeness (QED) is 0.826. The highest BCUT2D eigenvalue weighted by atomic mass is 16.4. The van der Waals surface area contributed by atoms with Crippen LogP contribution in [0.15, 0.2) is 28.7 Å². The highest BCUT2D eigenvalue weighted by Gasteiger charge is 2.16. The number of amides is 1. The molecule has 1 fully saturated rings. The topological polar surface area (TPSA) is 71.3 Å². The maximum Gasteiger partial charge on any atom is 0.247 e. The number of aryl methyl sites for hydroxylation is 2. The molecule has 1 saturated heterocycles. The molecule has 6 heteroatoms. The number of carbonyl (C=O) groups excluding carboxylic acids is 1. The Balaban J connectivity index is 1.38. The Hall–Kier alpha value is -2.21. The summed E-state index contributed by atoms with van der Waals surface area (Å²) in [5.74, 6) is 1.80. The lowest BCUT2D eigenvalue weighted by atomic mass is 10.0. The maximum absolute atomic E-state index is 12.0. The average molecular weight is 356 g/mol. The molecule has 2 aromatic rings. The van der Waals surface area contributed by atoms with Gasteiger partial charge < -0.3 is 14.6 Å². The summed E-state index contributed by atoms with van der Waals surface area (Å²) in [6.45, 7) is 8.23. The van der Waals surface area contributed by atoms with Crippen molar-refractivity contribution in [3.63, 3.8) is 0 Å². The van der Waals surface area contributed by atoms with E-state index in [2.05, 4.69) is 27.3 Å². The van der Waals surface area contributed by atoms with E-state index in [4.69, 9.17) is 4.42 Å². The average Bonchev–Trinajstić information content (AvgIpc) is 3.10. The van der Waals surface area contributed by atoms with Crippen LogP contribution < -0.4 is 5.32 Å². The van der Waals surface area contributed by atoms with E-state index in [0.717, 1.165) is 31.1 Å². The number of nitrogens with one attached hydrogen (secondary N) is 1. The van der Waals surface area contributed by atoms with E-state index in [0.29, 0.717) is 31.2 Å². The minimum absolute atomic E-state index is 0.0325. The summed E-state index contributed by atoms with van der Waals surface area (Å²) < 4.78 is 5.66. The van der Waals surface area contributed by atoms with Crippen molar-refractivity contribution in [2.24, 2.45) is 5.92 Å². The van der Waals surface area contributed by atoms with E-state index in [-0.39, 0.29) is 5.91 Å². The van der Waals surface area contributed by atoms with E-state index < -0.39 is 0 Å². The van der Waals surface area contributed by atoms with Gasteiger partial charge in [0.1, 0.15) is 0 Å². The van der Waals surface area contributed by atoms with Crippen LogP contribution in [-0.2, 0) is 11.2 Å². The number of hydrogen-bond donors (Lipinski definition) is 1. The molecule has 6 nitrogen and oxygen atoms in total. The predicted octanol–water partition coefficient (Wildman–Crippen LogP) is 2.83. The van der Waals surface area contributed by atoms with Gasteiger partial charge in [0.2, 0.25) is 17.7 Å². The Labute approximate surface area is 155 Å². The summed E-state index contributed by atoms with van der Waals surface area (Å²) >= 11 is 0. The largest absolute Gasteiger partial charge is 0.421 e. The molecule has 2 heterocycles. The lowest BCUT2D eigenvalue weighted by molar-refractivity contribution is -0.121. The van der Waals surface area contributed by atoms with Crippen LogP contribution >= 0.6 is 0 Å². The molecule has 0 radical (unpaired) electrons. The molecule has 0 bridgehead atoms. The van der Waals surface area contributed by atoms with E-state index in [1.807, 2.05) is 31.2 Å². The van der Waals surface area contributed by atoms with Crippen molar-refractivity contribution in [1.82, 2.24) is 20.4 Å². The summed E-state index contributed by atoms with van der Waals surface area (Å²) in [5.41, 5.74) is 2.08. The zero-order valence-corrected chi connectivity index (χ0v) is 15.7. The number of hydrogen-bond acceptors (Lipinski definition) is 5. The predicted molar refractivity (Wildman–Crippen MR) is 101 cm³/mol. The monoisotopic (exact) mass is 356 g/mol. The van der Waals surface area contributed by atoms with Crippen molar-refractivity contribution >= 4 is 5.91 Å². The molecular weight excluding hydrogens is 328 g/mol. The third kappa shape index (κ3) is 5.39. The summed E-state index contributed by atoms with van der Waals surface area (Å²) in [5, 5.41) is 11.1. The summed E-state index contributed by atoms with van der Waals surface area (Å²) in [4.78, 5) is 14.4. The second-order valence-corrected chi connectivity index (χ2v) is 7.26. The highest BCUT2D eigenvalue weighted by molar-refractivity contribution is 5.76. The SMILES string of the molecule is Cc1ccc(-c2nnc(CCC(=O)NCCN3CCC[C@H](C)C3)o2)cc1. The van der Waals surface area contributed by atoms with Gasteiger partial charge in [-0.15, -0.1) is 10.2 Å². The van der Waals surface area contributed by atoms with E-state index >= 15 is 0 Å². The third-order valence-corrected chi connectivity index (χ3v) is 4.82. The molecule has 0 unspecified atom stereocenters. The first kappa shape index (κ1) is 18.6. The van der Waals surface area contributed by atoms with Crippen molar-refractivity contribution in [3.05, 3.63) is 35.7 Å². The molecule has 1 aliphatic rings. The van der Waals surface area contributed by atoms with E-state index in [1.165, 1.54) is 18.4 Å². The maximum atomic E-state index is 12.0. The van der Waals surface area contributed by atoms with Crippen LogP contribution in [0.4, 0.5) is 0 Å². The Bertz CT molecular complexity index is 711. The van der Waals surface area contributed by atoms with Crippen LogP contribution in [0.2, 0.25) is 0 Å². The van der Waals surface area contributed by atoms with Crippen molar-refractivity contribution in [2.75, 3.05) is 26.2 Å². The number of rotatable bonds is 7. The fourth-order valence-electron chi connectivity index (χ4n) is 3.32. The minimum atomic E-state index is 0.0325. The molecule has 1 amide bonds. The second kappa shape index (κ2) is 8.94. The molecular formula is C20H28N4O2. The standard InChI is InChI=1S/C20H28N4O2/c1-15-5-7-17(8-6-15)20-23-22-19(26-20)10-9-18(25)21-11-13-24-12-3-4-16(2)14-24/h5-8,16H,3-4,9-14H2,1-2H3,(H,21,25)/t16-/m0/s1. The van der Waals surface area contributed by atoms with Crippen LogP contribution in [0.5, 0.6) is 0 Å². The fraction of sp³-hybridized carbons (Fsp3) is 0.550. The van der Waals surface area contributed by atoms with Gasteiger partial charge in [-0.1, -0.05) is 24.6 Å². The Morgan fingerprint density at radius 3 is 2.88 bits per heavy atom. The van der Waals surface area contributed by atoms with Gasteiger partial charge in [0.05, 0.1) is 0 Å². The summed E-state index contributed by atoms with van der Waals surface area (Å²) in [7, 11) is 0. The Kier molecular flexibility index (Phi) is 6.39. The van der Waals surface area contributed by atoms with E-state index in [9.17, 15) is 4.79 Å². The molecule has 1 aromatic heterocycles. The van der Waals surface area contributed by atoms with E-state index in [1.54, 1.807) is 0 Å². The molecule has 3 rings (SSSR count). The van der Waals surface area contributed by atoms with Gasteiger partial charge in [-0.2, -0.15) is 0 Å². The molecule has 0 spiro atoms. The smallest absolute Gasteiger partial charge is 0.247 e. The lowest BCUT2D eigenvalue weighted by Crippen LogP contribution is -2.40. The minimum Gasteiger partial charge on any atom is -0.421 e. The zero-order valence-electron chi connectivity index (χ0n) is 15.7. The van der Waals surface area contributed by atoms with Gasteiger partial charge >= 0.3 is 0 Å². The molecule has 0 saturated carbocycles. The lowest BCUT2D eigenvalue weighted by Gasteiger charge is -2.30. The number of likely N-dealkylation sites (tertiary alicyclic amines) is 1. The first-order chi connectivity index (χ1) is 12.6. The normalized spacial score (nSPS) is 18.0.